The maximum atomic E-state index is 13.0. The van der Waals surface area contributed by atoms with Crippen LogP contribution < -0.4 is 0 Å². The first-order chi connectivity index (χ1) is 12.5. The molecule has 4 nitrogen and oxygen atoms in total. The van der Waals surface area contributed by atoms with Gasteiger partial charge in [-0.1, -0.05) is 67.7 Å². The van der Waals surface area contributed by atoms with Crippen molar-refractivity contribution in [2.24, 2.45) is 0 Å². The summed E-state index contributed by atoms with van der Waals surface area (Å²) in [6, 6.07) is 0. The number of carbonyl (C=O) groups excluding carboxylic acids is 1. The van der Waals surface area contributed by atoms with Crippen molar-refractivity contribution in [2.75, 3.05) is 6.61 Å². The Labute approximate surface area is 177 Å². The van der Waals surface area contributed by atoms with Crippen molar-refractivity contribution < 1.29 is 18.4 Å². The summed E-state index contributed by atoms with van der Waals surface area (Å²) >= 11 is 0. The Morgan fingerprint density at radius 1 is 0.821 bits per heavy atom. The molecule has 0 radical (unpaired) electrons. The average Bonchev–Trinajstić information content (AvgIpc) is 2.49. The van der Waals surface area contributed by atoms with Gasteiger partial charge in [0.1, 0.15) is 0 Å². The van der Waals surface area contributed by atoms with Crippen LogP contribution in [0.25, 0.3) is 0 Å². The lowest BCUT2D eigenvalue weighted by Gasteiger charge is -2.44. The summed E-state index contributed by atoms with van der Waals surface area (Å²) in [6.07, 6.45) is 3.24. The van der Waals surface area contributed by atoms with E-state index in [9.17, 15) is 4.79 Å². The van der Waals surface area contributed by atoms with E-state index in [4.69, 9.17) is 13.6 Å². The third-order valence-electron chi connectivity index (χ3n) is 6.43. The SMILES string of the molecule is CCCCC[C@H](O[Si](C)(C)C(C)(C)C)[C@@H](O[Si](C)(C)C(C)(C)C)C(=O)OCC. The van der Waals surface area contributed by atoms with Crippen molar-refractivity contribution >= 4 is 22.6 Å². The zero-order valence-corrected chi connectivity index (χ0v) is 22.8. The van der Waals surface area contributed by atoms with Gasteiger partial charge >= 0.3 is 5.97 Å². The second kappa shape index (κ2) is 10.7. The molecule has 0 rings (SSSR count). The fourth-order valence-electron chi connectivity index (χ4n) is 2.42. The fraction of sp³-hybridized carbons (Fsp3) is 0.955. The van der Waals surface area contributed by atoms with Crippen LogP contribution in [0.15, 0.2) is 0 Å². The summed E-state index contributed by atoms with van der Waals surface area (Å²) < 4.78 is 18.8. The minimum Gasteiger partial charge on any atom is -0.464 e. The van der Waals surface area contributed by atoms with Crippen LogP contribution in [0.5, 0.6) is 0 Å². The molecule has 0 aliphatic carbocycles. The number of carbonyl (C=O) groups is 1. The Morgan fingerprint density at radius 3 is 1.68 bits per heavy atom. The molecule has 168 valence electrons. The summed E-state index contributed by atoms with van der Waals surface area (Å²) in [7, 11) is -4.21. The van der Waals surface area contributed by atoms with Gasteiger partial charge in [-0.25, -0.2) is 4.79 Å². The Bertz CT molecular complexity index is 476. The minimum atomic E-state index is -2.16. The van der Waals surface area contributed by atoms with Crippen LogP contribution >= 0.6 is 0 Å². The molecule has 0 aromatic carbocycles. The van der Waals surface area contributed by atoms with Gasteiger partial charge in [-0.2, -0.15) is 0 Å². The lowest BCUT2D eigenvalue weighted by atomic mass is 10.1. The first-order valence-electron chi connectivity index (χ1n) is 11.0. The third kappa shape index (κ3) is 8.29. The highest BCUT2D eigenvalue weighted by molar-refractivity contribution is 6.74. The molecule has 0 fully saturated rings. The molecule has 2 atom stereocenters. The lowest BCUT2D eigenvalue weighted by Crippen LogP contribution is -2.54. The Morgan fingerprint density at radius 2 is 1.29 bits per heavy atom. The van der Waals surface area contributed by atoms with Crippen molar-refractivity contribution in [1.82, 2.24) is 0 Å². The molecular weight excluding hydrogens is 384 g/mol. The molecular formula is C22H48O4Si2. The van der Waals surface area contributed by atoms with E-state index in [1.807, 2.05) is 6.92 Å². The molecule has 0 aliphatic heterocycles. The van der Waals surface area contributed by atoms with Gasteiger partial charge in [-0.05, 0) is 49.6 Å². The van der Waals surface area contributed by atoms with E-state index in [1.54, 1.807) is 0 Å². The molecule has 0 amide bonds. The molecule has 0 aromatic heterocycles. The number of ether oxygens (including phenoxy) is 1. The first kappa shape index (κ1) is 27.8. The van der Waals surface area contributed by atoms with E-state index >= 15 is 0 Å². The molecule has 0 aliphatic rings. The zero-order chi connectivity index (χ0) is 22.4. The zero-order valence-electron chi connectivity index (χ0n) is 20.8. The third-order valence-corrected chi connectivity index (χ3v) is 15.4. The molecule has 0 heterocycles. The lowest BCUT2D eigenvalue weighted by molar-refractivity contribution is -0.157. The van der Waals surface area contributed by atoms with Crippen molar-refractivity contribution in [2.45, 2.75) is 130 Å². The van der Waals surface area contributed by atoms with Crippen LogP contribution in [0, 0.1) is 0 Å². The van der Waals surface area contributed by atoms with Gasteiger partial charge in [-0.3, -0.25) is 0 Å². The van der Waals surface area contributed by atoms with Gasteiger partial charge in [0, 0.05) is 0 Å². The van der Waals surface area contributed by atoms with Crippen LogP contribution in [0.3, 0.4) is 0 Å². The molecule has 28 heavy (non-hydrogen) atoms. The molecule has 0 N–H and O–H groups in total. The van der Waals surface area contributed by atoms with Crippen LogP contribution in [-0.2, 0) is 18.4 Å². The number of hydrogen-bond donors (Lipinski definition) is 0. The average molecular weight is 433 g/mol. The highest BCUT2D eigenvalue weighted by Crippen LogP contribution is 2.41. The van der Waals surface area contributed by atoms with E-state index in [-0.39, 0.29) is 22.1 Å². The summed E-state index contributed by atoms with van der Waals surface area (Å²) in [5.41, 5.74) is 0. The number of esters is 1. The number of unbranched alkanes of at least 4 members (excludes halogenated alkanes) is 2. The summed E-state index contributed by atoms with van der Waals surface area (Å²) in [6.45, 7) is 26.6. The smallest absolute Gasteiger partial charge is 0.336 e. The van der Waals surface area contributed by atoms with Gasteiger partial charge in [0.2, 0.25) is 0 Å². The van der Waals surface area contributed by atoms with Crippen LogP contribution in [0.4, 0.5) is 0 Å². The Balaban J connectivity index is 5.90. The van der Waals surface area contributed by atoms with Crippen LogP contribution in [0.2, 0.25) is 36.3 Å². The van der Waals surface area contributed by atoms with Gasteiger partial charge in [0.05, 0.1) is 12.7 Å². The van der Waals surface area contributed by atoms with Crippen molar-refractivity contribution in [1.29, 1.82) is 0 Å². The molecule has 0 unspecified atom stereocenters. The topological polar surface area (TPSA) is 44.8 Å². The molecule has 0 spiro atoms. The largest absolute Gasteiger partial charge is 0.464 e. The van der Waals surface area contributed by atoms with Gasteiger partial charge in [0.25, 0.3) is 0 Å². The van der Waals surface area contributed by atoms with Crippen molar-refractivity contribution in [3.63, 3.8) is 0 Å². The Hall–Kier alpha value is -0.176. The standard InChI is InChI=1S/C22H48O4Si2/c1-13-15-16-17-18(25-27(9,10)21(3,4)5)19(20(23)24-14-2)26-28(11,12)22(6,7)8/h18-19H,13-17H2,1-12H3/t18-,19+/m0/s1. The minimum absolute atomic E-state index is 0.0166. The maximum absolute atomic E-state index is 13.0. The van der Waals surface area contributed by atoms with Crippen molar-refractivity contribution in [3.05, 3.63) is 0 Å². The molecule has 0 bridgehead atoms. The second-order valence-corrected chi connectivity index (χ2v) is 20.5. The molecule has 6 heteroatoms. The van der Waals surface area contributed by atoms with E-state index in [2.05, 4.69) is 74.7 Å². The van der Waals surface area contributed by atoms with Crippen LogP contribution in [-0.4, -0.2) is 41.4 Å². The summed E-state index contributed by atoms with van der Waals surface area (Å²) in [4.78, 5) is 13.0. The van der Waals surface area contributed by atoms with E-state index < -0.39 is 22.7 Å². The van der Waals surface area contributed by atoms with Gasteiger partial charge < -0.3 is 13.6 Å². The van der Waals surface area contributed by atoms with E-state index in [1.165, 1.54) is 0 Å². The van der Waals surface area contributed by atoms with Crippen molar-refractivity contribution in [3.8, 4) is 0 Å². The monoisotopic (exact) mass is 432 g/mol. The molecule has 0 saturated heterocycles. The molecule has 0 aromatic rings. The normalized spacial score (nSPS) is 16.0. The predicted octanol–water partition coefficient (Wildman–Crippen LogP) is 6.91. The summed E-state index contributed by atoms with van der Waals surface area (Å²) in [5.74, 6) is -0.271. The Kier molecular flexibility index (Phi) is 10.7. The number of rotatable bonds is 11. The highest BCUT2D eigenvalue weighted by Gasteiger charge is 2.47. The fourth-order valence-corrected chi connectivity index (χ4v) is 5.01. The van der Waals surface area contributed by atoms with E-state index in [0.717, 1.165) is 25.7 Å². The quantitative estimate of drug-likeness (QED) is 0.202. The first-order valence-corrected chi connectivity index (χ1v) is 16.8. The highest BCUT2D eigenvalue weighted by atomic mass is 28.4. The van der Waals surface area contributed by atoms with Gasteiger partial charge in [-0.15, -0.1) is 0 Å². The summed E-state index contributed by atoms with van der Waals surface area (Å²) in [5, 5.41) is 0.0921. The second-order valence-electron chi connectivity index (χ2n) is 11.0. The molecule has 0 saturated carbocycles. The predicted molar refractivity (Wildman–Crippen MR) is 125 cm³/mol. The van der Waals surface area contributed by atoms with Gasteiger partial charge in [0.15, 0.2) is 22.7 Å². The maximum Gasteiger partial charge on any atom is 0.336 e. The van der Waals surface area contributed by atoms with E-state index in [0.29, 0.717) is 6.61 Å². The van der Waals surface area contributed by atoms with Crippen LogP contribution in [0.1, 0.15) is 81.1 Å². The number of hydrogen-bond acceptors (Lipinski definition) is 4.